The Labute approximate surface area is 118 Å². The summed E-state index contributed by atoms with van der Waals surface area (Å²) in [6.45, 7) is 2.52. The highest BCUT2D eigenvalue weighted by Crippen LogP contribution is 2.27. The smallest absolute Gasteiger partial charge is 0.250 e. The Hall–Kier alpha value is -2.77. The van der Waals surface area contributed by atoms with Gasteiger partial charge in [-0.15, -0.1) is 0 Å². The van der Waals surface area contributed by atoms with Crippen LogP contribution >= 0.6 is 0 Å². The van der Waals surface area contributed by atoms with Crippen LogP contribution in [0, 0.1) is 11.6 Å². The summed E-state index contributed by atoms with van der Waals surface area (Å²) in [5.41, 5.74) is 0.889. The van der Waals surface area contributed by atoms with Crippen LogP contribution in [0.4, 0.5) is 14.7 Å². The van der Waals surface area contributed by atoms with E-state index in [-0.39, 0.29) is 11.6 Å². The fourth-order valence-electron chi connectivity index (χ4n) is 1.77. The van der Waals surface area contributed by atoms with Gasteiger partial charge in [0.15, 0.2) is 17.3 Å². The van der Waals surface area contributed by atoms with Crippen molar-refractivity contribution in [3.63, 3.8) is 0 Å². The van der Waals surface area contributed by atoms with Crippen molar-refractivity contribution in [1.29, 1.82) is 0 Å². The molecule has 0 amide bonds. The Morgan fingerprint density at radius 2 is 2.10 bits per heavy atom. The molecule has 8 heteroatoms. The zero-order valence-electron chi connectivity index (χ0n) is 11.0. The average Bonchev–Trinajstić information content (AvgIpc) is 2.92. The summed E-state index contributed by atoms with van der Waals surface area (Å²) in [6, 6.07) is 3.25. The maximum Gasteiger partial charge on any atom is 0.250 e. The topological polar surface area (TPSA) is 75.7 Å². The molecule has 6 nitrogen and oxygen atoms in total. The number of ether oxygens (including phenoxy) is 1. The second kappa shape index (κ2) is 5.31. The van der Waals surface area contributed by atoms with Gasteiger partial charge in [-0.2, -0.15) is 9.97 Å². The largest absolute Gasteiger partial charge is 0.437 e. The van der Waals surface area contributed by atoms with Gasteiger partial charge < -0.3 is 15.0 Å². The number of imidazole rings is 1. The van der Waals surface area contributed by atoms with Crippen molar-refractivity contribution in [3.05, 3.63) is 36.2 Å². The van der Waals surface area contributed by atoms with E-state index in [9.17, 15) is 8.78 Å². The summed E-state index contributed by atoms with van der Waals surface area (Å²) in [4.78, 5) is 15.2. The Bertz CT molecular complexity index is 789. The molecule has 0 radical (unpaired) electrons. The lowest BCUT2D eigenvalue weighted by molar-refractivity contribution is 0.451. The van der Waals surface area contributed by atoms with Gasteiger partial charge in [-0.3, -0.25) is 0 Å². The number of hydrogen-bond donors (Lipinski definition) is 2. The van der Waals surface area contributed by atoms with Gasteiger partial charge in [-0.1, -0.05) is 0 Å². The number of aromatic amines is 1. The maximum absolute atomic E-state index is 13.2. The molecule has 0 spiro atoms. The van der Waals surface area contributed by atoms with E-state index in [4.69, 9.17) is 4.74 Å². The third kappa shape index (κ3) is 2.60. The van der Waals surface area contributed by atoms with E-state index in [1.807, 2.05) is 6.92 Å². The minimum Gasteiger partial charge on any atom is -0.437 e. The van der Waals surface area contributed by atoms with E-state index >= 15 is 0 Å². The molecule has 0 aliphatic carbocycles. The summed E-state index contributed by atoms with van der Waals surface area (Å²) < 4.78 is 31.6. The summed E-state index contributed by atoms with van der Waals surface area (Å²) in [6.07, 6.45) is 1.45. The van der Waals surface area contributed by atoms with Crippen molar-refractivity contribution in [2.24, 2.45) is 0 Å². The van der Waals surface area contributed by atoms with E-state index in [0.717, 1.165) is 12.1 Å². The van der Waals surface area contributed by atoms with Gasteiger partial charge in [0.05, 0.1) is 6.33 Å². The molecule has 0 saturated heterocycles. The Morgan fingerprint density at radius 3 is 2.86 bits per heavy atom. The number of fused-ring (bicyclic) bond motifs is 1. The molecule has 3 aromatic rings. The lowest BCUT2D eigenvalue weighted by atomic mass is 10.3. The first kappa shape index (κ1) is 13.2. The standard InChI is InChI=1S/C13H11F2N5O/c1-2-16-13-19-11-10(17-6-18-11)12(20-13)21-7-3-4-8(14)9(15)5-7/h3-6H,2H2,1H3,(H2,16,17,18,19,20). The normalized spacial score (nSPS) is 10.8. The van der Waals surface area contributed by atoms with Crippen molar-refractivity contribution < 1.29 is 13.5 Å². The second-order valence-electron chi connectivity index (χ2n) is 4.16. The summed E-state index contributed by atoms with van der Waals surface area (Å²) in [5, 5.41) is 2.95. The van der Waals surface area contributed by atoms with Crippen LogP contribution in [0.2, 0.25) is 0 Å². The average molecular weight is 291 g/mol. The molecule has 0 fully saturated rings. The lowest BCUT2D eigenvalue weighted by Crippen LogP contribution is -2.03. The van der Waals surface area contributed by atoms with E-state index in [1.165, 1.54) is 12.4 Å². The van der Waals surface area contributed by atoms with Gasteiger partial charge in [0.25, 0.3) is 5.88 Å². The monoisotopic (exact) mass is 291 g/mol. The number of halogens is 2. The highest BCUT2D eigenvalue weighted by molar-refractivity contribution is 5.77. The predicted molar refractivity (Wildman–Crippen MR) is 72.3 cm³/mol. The summed E-state index contributed by atoms with van der Waals surface area (Å²) in [5.74, 6) is -1.28. The molecule has 1 aromatic carbocycles. The van der Waals surface area contributed by atoms with Crippen LogP contribution in [-0.2, 0) is 0 Å². The minimum absolute atomic E-state index is 0.131. The first-order valence-electron chi connectivity index (χ1n) is 6.25. The minimum atomic E-state index is -0.991. The van der Waals surface area contributed by atoms with Gasteiger partial charge in [-0.05, 0) is 19.1 Å². The fourth-order valence-corrected chi connectivity index (χ4v) is 1.77. The van der Waals surface area contributed by atoms with Gasteiger partial charge >= 0.3 is 0 Å². The Balaban J connectivity index is 2.01. The molecule has 2 N–H and O–H groups in total. The molecular weight excluding hydrogens is 280 g/mol. The third-order valence-corrected chi connectivity index (χ3v) is 2.69. The van der Waals surface area contributed by atoms with Crippen LogP contribution in [0.1, 0.15) is 6.92 Å². The van der Waals surface area contributed by atoms with Crippen molar-refractivity contribution in [2.75, 3.05) is 11.9 Å². The first-order valence-corrected chi connectivity index (χ1v) is 6.25. The van der Waals surface area contributed by atoms with E-state index < -0.39 is 11.6 Å². The molecule has 0 bridgehead atoms. The molecule has 2 aromatic heterocycles. The zero-order chi connectivity index (χ0) is 14.8. The van der Waals surface area contributed by atoms with Crippen molar-refractivity contribution in [1.82, 2.24) is 19.9 Å². The van der Waals surface area contributed by atoms with Crippen LogP contribution in [0.15, 0.2) is 24.5 Å². The molecule has 0 saturated carbocycles. The molecule has 21 heavy (non-hydrogen) atoms. The lowest BCUT2D eigenvalue weighted by Gasteiger charge is -2.08. The number of H-pyrrole nitrogens is 1. The van der Waals surface area contributed by atoms with Crippen LogP contribution in [-0.4, -0.2) is 26.5 Å². The number of aromatic nitrogens is 4. The van der Waals surface area contributed by atoms with Gasteiger partial charge in [-0.25, -0.2) is 13.8 Å². The maximum atomic E-state index is 13.2. The van der Waals surface area contributed by atoms with Gasteiger partial charge in [0.1, 0.15) is 11.3 Å². The molecule has 2 heterocycles. The van der Waals surface area contributed by atoms with Crippen molar-refractivity contribution >= 4 is 17.1 Å². The third-order valence-electron chi connectivity index (χ3n) is 2.69. The van der Waals surface area contributed by atoms with Crippen LogP contribution in [0.3, 0.4) is 0 Å². The second-order valence-corrected chi connectivity index (χ2v) is 4.16. The van der Waals surface area contributed by atoms with Gasteiger partial charge in [0.2, 0.25) is 5.95 Å². The van der Waals surface area contributed by atoms with Crippen LogP contribution in [0.5, 0.6) is 11.6 Å². The van der Waals surface area contributed by atoms with Crippen LogP contribution < -0.4 is 10.1 Å². The number of hydrogen-bond acceptors (Lipinski definition) is 5. The molecule has 0 atom stereocenters. The number of nitrogens with one attached hydrogen (secondary N) is 2. The molecule has 3 rings (SSSR count). The van der Waals surface area contributed by atoms with Crippen molar-refractivity contribution in [2.45, 2.75) is 6.92 Å². The molecule has 0 unspecified atom stereocenters. The number of anilines is 1. The van der Waals surface area contributed by atoms with E-state index in [2.05, 4.69) is 25.3 Å². The number of benzene rings is 1. The van der Waals surface area contributed by atoms with Crippen LogP contribution in [0.25, 0.3) is 11.2 Å². The molecule has 108 valence electrons. The highest BCUT2D eigenvalue weighted by atomic mass is 19.2. The quantitative estimate of drug-likeness (QED) is 0.773. The SMILES string of the molecule is CCNc1nc(Oc2ccc(F)c(F)c2)c2[nH]cnc2n1. The van der Waals surface area contributed by atoms with Crippen molar-refractivity contribution in [3.8, 4) is 11.6 Å². The summed E-state index contributed by atoms with van der Waals surface area (Å²) >= 11 is 0. The molecule has 0 aliphatic rings. The van der Waals surface area contributed by atoms with E-state index in [0.29, 0.717) is 23.7 Å². The fraction of sp³-hybridized carbons (Fsp3) is 0.154. The number of nitrogens with zero attached hydrogens (tertiary/aromatic N) is 3. The first-order chi connectivity index (χ1) is 10.2. The number of rotatable bonds is 4. The summed E-state index contributed by atoms with van der Waals surface area (Å²) in [7, 11) is 0. The highest BCUT2D eigenvalue weighted by Gasteiger charge is 2.13. The molecule has 0 aliphatic heterocycles. The van der Waals surface area contributed by atoms with Gasteiger partial charge in [0, 0.05) is 12.6 Å². The Kier molecular flexibility index (Phi) is 3.35. The Morgan fingerprint density at radius 1 is 1.24 bits per heavy atom. The molecular formula is C13H11F2N5O. The van der Waals surface area contributed by atoms with E-state index in [1.54, 1.807) is 0 Å². The zero-order valence-corrected chi connectivity index (χ0v) is 11.0. The predicted octanol–water partition coefficient (Wildman–Crippen LogP) is 2.86.